The normalized spacial score (nSPS) is 15.9. The van der Waals surface area contributed by atoms with E-state index in [1.54, 1.807) is 12.1 Å². The number of nitrogens with one attached hydrogen (secondary N) is 1. The highest BCUT2D eigenvalue weighted by atomic mass is 19.1. The van der Waals surface area contributed by atoms with Gasteiger partial charge in [0, 0.05) is 51.4 Å². The molecule has 0 unspecified atom stereocenters. The molecule has 0 radical (unpaired) electrons. The Morgan fingerprint density at radius 3 is 2.24 bits per heavy atom. The molecule has 1 amide bonds. The predicted octanol–water partition coefficient (Wildman–Crippen LogP) is 3.80. The molecule has 2 aliphatic heterocycles. The third-order valence-corrected chi connectivity index (χ3v) is 6.25. The summed E-state index contributed by atoms with van der Waals surface area (Å²) in [6.07, 6.45) is 0. The van der Waals surface area contributed by atoms with E-state index in [2.05, 4.69) is 33.3 Å². The van der Waals surface area contributed by atoms with E-state index in [1.165, 1.54) is 17.7 Å². The zero-order chi connectivity index (χ0) is 23.3. The van der Waals surface area contributed by atoms with E-state index in [1.807, 2.05) is 24.3 Å². The fourth-order valence-corrected chi connectivity index (χ4v) is 4.40. The summed E-state index contributed by atoms with van der Waals surface area (Å²) < 4.78 is 24.2. The summed E-state index contributed by atoms with van der Waals surface area (Å²) in [6.45, 7) is 6.22. The van der Waals surface area contributed by atoms with E-state index in [-0.39, 0.29) is 11.7 Å². The third-order valence-electron chi connectivity index (χ3n) is 6.25. The predicted molar refractivity (Wildman–Crippen MR) is 127 cm³/mol. The Hall–Kier alpha value is -3.42. The summed E-state index contributed by atoms with van der Waals surface area (Å²) in [4.78, 5) is 17.5. The van der Waals surface area contributed by atoms with Crippen LogP contribution in [0.5, 0.6) is 11.5 Å². The van der Waals surface area contributed by atoms with Gasteiger partial charge in [0.25, 0.3) is 5.91 Å². The number of hydrogen-bond acceptors (Lipinski definition) is 5. The molecule has 0 spiro atoms. The Balaban J connectivity index is 1.11. The number of carbonyl (C=O) groups is 1. The van der Waals surface area contributed by atoms with Crippen molar-refractivity contribution in [2.24, 2.45) is 0 Å². The monoisotopic (exact) mass is 461 g/mol. The molecule has 2 heterocycles. The molecule has 1 N–H and O–H groups in total. The van der Waals surface area contributed by atoms with Crippen molar-refractivity contribution in [2.75, 3.05) is 33.0 Å². The number of fused-ring (bicyclic) bond motifs is 1. The maximum Gasteiger partial charge on any atom is 0.251 e. The fourth-order valence-electron chi connectivity index (χ4n) is 4.40. The molecule has 5 rings (SSSR count). The molecular formula is C27H28FN3O3. The zero-order valence-electron chi connectivity index (χ0n) is 19.0. The highest BCUT2D eigenvalue weighted by Crippen LogP contribution is 2.32. The number of carbonyl (C=O) groups excluding carboxylic acids is 1. The highest BCUT2D eigenvalue weighted by molar-refractivity contribution is 5.94. The molecule has 1 saturated heterocycles. The molecule has 7 heteroatoms. The fraction of sp³-hybridized carbons (Fsp3) is 0.296. The number of amides is 1. The van der Waals surface area contributed by atoms with Gasteiger partial charge in [0.15, 0.2) is 11.5 Å². The number of hydrogen-bond donors (Lipinski definition) is 1. The van der Waals surface area contributed by atoms with Gasteiger partial charge in [-0.15, -0.1) is 0 Å². The van der Waals surface area contributed by atoms with Gasteiger partial charge >= 0.3 is 0 Å². The van der Waals surface area contributed by atoms with Gasteiger partial charge in [-0.2, -0.15) is 0 Å². The van der Waals surface area contributed by atoms with Gasteiger partial charge in [0.2, 0.25) is 6.79 Å². The molecule has 176 valence electrons. The second-order valence-corrected chi connectivity index (χ2v) is 8.75. The SMILES string of the molecule is O=C(NCc1cccc(F)c1)c1cccc(CN2CCN(Cc3ccc4c(c3)OCO4)CC2)c1. The van der Waals surface area contributed by atoms with Gasteiger partial charge in [-0.05, 0) is 53.1 Å². The van der Waals surface area contributed by atoms with E-state index in [0.717, 1.165) is 61.9 Å². The van der Waals surface area contributed by atoms with Crippen LogP contribution in [0.3, 0.4) is 0 Å². The second kappa shape index (κ2) is 10.2. The number of piperazine rings is 1. The number of halogens is 1. The highest BCUT2D eigenvalue weighted by Gasteiger charge is 2.19. The lowest BCUT2D eigenvalue weighted by Crippen LogP contribution is -2.45. The molecule has 0 bridgehead atoms. The Bertz CT molecular complexity index is 1160. The van der Waals surface area contributed by atoms with Gasteiger partial charge in [-0.25, -0.2) is 4.39 Å². The molecule has 3 aromatic carbocycles. The maximum absolute atomic E-state index is 13.3. The van der Waals surface area contributed by atoms with Crippen LogP contribution in [0.4, 0.5) is 4.39 Å². The van der Waals surface area contributed by atoms with E-state index in [4.69, 9.17) is 9.47 Å². The lowest BCUT2D eigenvalue weighted by atomic mass is 10.1. The van der Waals surface area contributed by atoms with E-state index >= 15 is 0 Å². The molecule has 2 aliphatic rings. The van der Waals surface area contributed by atoms with Crippen molar-refractivity contribution in [1.29, 1.82) is 0 Å². The number of benzene rings is 3. The first-order valence-electron chi connectivity index (χ1n) is 11.6. The lowest BCUT2D eigenvalue weighted by Gasteiger charge is -2.34. The van der Waals surface area contributed by atoms with Crippen molar-refractivity contribution < 1.29 is 18.7 Å². The van der Waals surface area contributed by atoms with Crippen molar-refractivity contribution >= 4 is 5.91 Å². The first kappa shape index (κ1) is 22.4. The average Bonchev–Trinajstić information content (AvgIpc) is 3.32. The molecule has 3 aromatic rings. The minimum atomic E-state index is -0.301. The summed E-state index contributed by atoms with van der Waals surface area (Å²) in [6, 6.07) is 20.2. The molecule has 0 saturated carbocycles. The molecular weight excluding hydrogens is 433 g/mol. The van der Waals surface area contributed by atoms with E-state index in [0.29, 0.717) is 18.9 Å². The lowest BCUT2D eigenvalue weighted by molar-refractivity contribution is 0.0950. The largest absolute Gasteiger partial charge is 0.454 e. The van der Waals surface area contributed by atoms with Crippen LogP contribution in [0.1, 0.15) is 27.0 Å². The molecule has 6 nitrogen and oxygen atoms in total. The Labute approximate surface area is 198 Å². The topological polar surface area (TPSA) is 54.0 Å². The summed E-state index contributed by atoms with van der Waals surface area (Å²) >= 11 is 0. The second-order valence-electron chi connectivity index (χ2n) is 8.75. The van der Waals surface area contributed by atoms with Crippen LogP contribution in [0.15, 0.2) is 66.7 Å². The van der Waals surface area contributed by atoms with Crippen LogP contribution in [0, 0.1) is 5.82 Å². The van der Waals surface area contributed by atoms with Crippen LogP contribution in [0.25, 0.3) is 0 Å². The standard InChI is InChI=1S/C27H28FN3O3/c28-24-6-2-3-20(14-24)16-29-27(32)23-5-1-4-21(13-23)17-30-9-11-31(12-10-30)18-22-7-8-25-26(15-22)34-19-33-25/h1-8,13-15H,9-12,16-19H2,(H,29,32). The minimum absolute atomic E-state index is 0.153. The maximum atomic E-state index is 13.3. The zero-order valence-corrected chi connectivity index (χ0v) is 19.0. The first-order chi connectivity index (χ1) is 16.6. The molecule has 1 fully saturated rings. The Morgan fingerprint density at radius 2 is 1.47 bits per heavy atom. The van der Waals surface area contributed by atoms with Crippen LogP contribution in [-0.4, -0.2) is 48.7 Å². The van der Waals surface area contributed by atoms with Crippen LogP contribution in [-0.2, 0) is 19.6 Å². The van der Waals surface area contributed by atoms with Gasteiger partial charge in [-0.3, -0.25) is 14.6 Å². The molecule has 34 heavy (non-hydrogen) atoms. The average molecular weight is 462 g/mol. The third kappa shape index (κ3) is 5.55. The van der Waals surface area contributed by atoms with Crippen molar-refractivity contribution in [3.05, 3.63) is 94.8 Å². The number of nitrogens with zero attached hydrogens (tertiary/aromatic N) is 2. The number of rotatable bonds is 7. The van der Waals surface area contributed by atoms with Gasteiger partial charge in [0.05, 0.1) is 0 Å². The molecule has 0 atom stereocenters. The minimum Gasteiger partial charge on any atom is -0.454 e. The van der Waals surface area contributed by atoms with Crippen LogP contribution >= 0.6 is 0 Å². The van der Waals surface area contributed by atoms with E-state index < -0.39 is 0 Å². The van der Waals surface area contributed by atoms with Crippen molar-refractivity contribution in [3.8, 4) is 11.5 Å². The molecule has 0 aromatic heterocycles. The van der Waals surface area contributed by atoms with Crippen LogP contribution < -0.4 is 14.8 Å². The van der Waals surface area contributed by atoms with Crippen molar-refractivity contribution in [3.63, 3.8) is 0 Å². The van der Waals surface area contributed by atoms with Gasteiger partial charge in [-0.1, -0.05) is 30.3 Å². The summed E-state index contributed by atoms with van der Waals surface area (Å²) in [5, 5.41) is 2.88. The van der Waals surface area contributed by atoms with Gasteiger partial charge in [0.1, 0.15) is 5.82 Å². The Kier molecular flexibility index (Phi) is 6.74. The Morgan fingerprint density at radius 1 is 0.794 bits per heavy atom. The smallest absolute Gasteiger partial charge is 0.251 e. The summed E-state index contributed by atoms with van der Waals surface area (Å²) in [5.41, 5.74) is 3.70. The van der Waals surface area contributed by atoms with Gasteiger partial charge < -0.3 is 14.8 Å². The summed E-state index contributed by atoms with van der Waals surface area (Å²) in [7, 11) is 0. The quantitative estimate of drug-likeness (QED) is 0.580. The summed E-state index contributed by atoms with van der Waals surface area (Å²) in [5.74, 6) is 1.19. The van der Waals surface area contributed by atoms with Crippen molar-refractivity contribution in [1.82, 2.24) is 15.1 Å². The van der Waals surface area contributed by atoms with Crippen molar-refractivity contribution in [2.45, 2.75) is 19.6 Å². The first-order valence-corrected chi connectivity index (χ1v) is 11.6. The number of ether oxygens (including phenoxy) is 2. The molecule has 0 aliphatic carbocycles. The van der Waals surface area contributed by atoms with Crippen LogP contribution in [0.2, 0.25) is 0 Å². The van der Waals surface area contributed by atoms with E-state index in [9.17, 15) is 9.18 Å².